The molecule has 0 spiro atoms. The number of nitrogens with two attached hydrogens (primary N) is 2. The fraction of sp³-hybridized carbons (Fsp3) is 0.714. The van der Waals surface area contributed by atoms with Gasteiger partial charge in [-0.2, -0.15) is 11.8 Å². The standard InChI is InChI=1S/C7H14N2O2S.H4N2/c1-7(2,12-4)5-9-11-6(10)8-3;1-2/h5H,1-4H3,(H,8,10);1-2H2/b9-5+;. The van der Waals surface area contributed by atoms with Crippen molar-refractivity contribution in [2.24, 2.45) is 16.8 Å². The highest BCUT2D eigenvalue weighted by atomic mass is 32.2. The number of hydrazine groups is 1. The Bertz CT molecular complexity index is 185. The van der Waals surface area contributed by atoms with Crippen molar-refractivity contribution in [2.75, 3.05) is 13.3 Å². The summed E-state index contributed by atoms with van der Waals surface area (Å²) >= 11 is 1.63. The van der Waals surface area contributed by atoms with Crippen LogP contribution in [-0.2, 0) is 4.84 Å². The Balaban J connectivity index is 0. The van der Waals surface area contributed by atoms with Gasteiger partial charge >= 0.3 is 6.09 Å². The van der Waals surface area contributed by atoms with Crippen LogP contribution in [0.25, 0.3) is 0 Å². The quantitative estimate of drug-likeness (QED) is 0.275. The fourth-order valence-electron chi connectivity index (χ4n) is 0.299. The number of nitrogens with zero attached hydrogens (tertiary/aromatic N) is 1. The van der Waals surface area contributed by atoms with E-state index >= 15 is 0 Å². The molecule has 0 aromatic heterocycles. The summed E-state index contributed by atoms with van der Waals surface area (Å²) in [5.41, 5.74) is 0. The molecule has 0 bridgehead atoms. The highest BCUT2D eigenvalue weighted by Gasteiger charge is 2.12. The molecule has 0 rings (SSSR count). The minimum absolute atomic E-state index is 0.103. The van der Waals surface area contributed by atoms with E-state index in [9.17, 15) is 4.79 Å². The Morgan fingerprint density at radius 1 is 1.57 bits per heavy atom. The largest absolute Gasteiger partial charge is 0.433 e. The minimum atomic E-state index is -0.553. The van der Waals surface area contributed by atoms with E-state index in [1.54, 1.807) is 18.0 Å². The lowest BCUT2D eigenvalue weighted by Crippen LogP contribution is -2.19. The fourth-order valence-corrected chi connectivity index (χ4v) is 0.448. The van der Waals surface area contributed by atoms with E-state index in [0.29, 0.717) is 0 Å². The summed E-state index contributed by atoms with van der Waals surface area (Å²) in [6.45, 7) is 3.96. The van der Waals surface area contributed by atoms with Crippen molar-refractivity contribution in [1.82, 2.24) is 5.32 Å². The lowest BCUT2D eigenvalue weighted by atomic mass is 10.2. The number of oxime groups is 1. The van der Waals surface area contributed by atoms with Crippen molar-refractivity contribution in [3.05, 3.63) is 0 Å². The van der Waals surface area contributed by atoms with E-state index in [0.717, 1.165) is 0 Å². The maximum Gasteiger partial charge on any atom is 0.433 e. The van der Waals surface area contributed by atoms with E-state index in [-0.39, 0.29) is 4.75 Å². The molecule has 84 valence electrons. The van der Waals surface area contributed by atoms with Crippen LogP contribution in [-0.4, -0.2) is 30.4 Å². The zero-order valence-electron chi connectivity index (χ0n) is 8.90. The highest BCUT2D eigenvalue weighted by molar-refractivity contribution is 8.00. The first-order chi connectivity index (χ1) is 6.52. The molecule has 0 aliphatic rings. The van der Waals surface area contributed by atoms with Crippen LogP contribution in [0.3, 0.4) is 0 Å². The van der Waals surface area contributed by atoms with Crippen molar-refractivity contribution in [3.63, 3.8) is 0 Å². The second-order valence-electron chi connectivity index (χ2n) is 2.67. The van der Waals surface area contributed by atoms with Gasteiger partial charge in [0, 0.05) is 11.8 Å². The summed E-state index contributed by atoms with van der Waals surface area (Å²) in [6, 6.07) is 0. The molecule has 14 heavy (non-hydrogen) atoms. The second-order valence-corrected chi connectivity index (χ2v) is 4.13. The molecule has 5 N–H and O–H groups in total. The van der Waals surface area contributed by atoms with Gasteiger partial charge in [0.25, 0.3) is 0 Å². The van der Waals surface area contributed by atoms with Crippen molar-refractivity contribution < 1.29 is 9.63 Å². The van der Waals surface area contributed by atoms with Crippen LogP contribution in [0.15, 0.2) is 5.16 Å². The van der Waals surface area contributed by atoms with Gasteiger partial charge in [0.1, 0.15) is 0 Å². The van der Waals surface area contributed by atoms with Crippen molar-refractivity contribution in [3.8, 4) is 0 Å². The molecule has 0 radical (unpaired) electrons. The summed E-state index contributed by atoms with van der Waals surface area (Å²) in [7, 11) is 1.48. The molecule has 0 atom stereocenters. The van der Waals surface area contributed by atoms with Gasteiger partial charge in [-0.15, -0.1) is 0 Å². The van der Waals surface area contributed by atoms with Gasteiger partial charge < -0.3 is 5.32 Å². The number of thioether (sulfide) groups is 1. The summed E-state index contributed by atoms with van der Waals surface area (Å²) in [6.07, 6.45) is 3.00. The third kappa shape index (κ3) is 9.30. The van der Waals surface area contributed by atoms with E-state index in [4.69, 9.17) is 0 Å². The van der Waals surface area contributed by atoms with Gasteiger partial charge in [0.05, 0.1) is 6.21 Å². The third-order valence-corrected chi connectivity index (χ3v) is 2.39. The number of carbonyl (C=O) groups is 1. The molecule has 0 unspecified atom stereocenters. The minimum Gasteiger partial charge on any atom is -0.323 e. The molecule has 0 saturated heterocycles. The Labute approximate surface area is 88.4 Å². The lowest BCUT2D eigenvalue weighted by Gasteiger charge is -2.13. The summed E-state index contributed by atoms with van der Waals surface area (Å²) in [4.78, 5) is 15.0. The second kappa shape index (κ2) is 8.79. The summed E-state index contributed by atoms with van der Waals surface area (Å²) in [5, 5.41) is 5.81. The van der Waals surface area contributed by atoms with Crippen molar-refractivity contribution in [1.29, 1.82) is 0 Å². The van der Waals surface area contributed by atoms with Crippen LogP contribution in [0.5, 0.6) is 0 Å². The van der Waals surface area contributed by atoms with Gasteiger partial charge in [-0.25, -0.2) is 4.79 Å². The van der Waals surface area contributed by atoms with Gasteiger partial charge in [-0.05, 0) is 20.1 Å². The molecule has 0 fully saturated rings. The molecule has 0 aromatic rings. The van der Waals surface area contributed by atoms with E-state index in [1.165, 1.54) is 7.05 Å². The van der Waals surface area contributed by atoms with Crippen LogP contribution in [0, 0.1) is 0 Å². The predicted molar refractivity (Wildman–Crippen MR) is 60.0 cm³/mol. The van der Waals surface area contributed by atoms with Gasteiger partial charge in [0.2, 0.25) is 0 Å². The monoisotopic (exact) mass is 222 g/mol. The molecule has 0 aliphatic carbocycles. The van der Waals surface area contributed by atoms with Crippen LogP contribution >= 0.6 is 11.8 Å². The number of carbonyl (C=O) groups excluding carboxylic acids is 1. The Morgan fingerprint density at radius 3 is 2.43 bits per heavy atom. The summed E-state index contributed by atoms with van der Waals surface area (Å²) in [5.74, 6) is 8.00. The van der Waals surface area contributed by atoms with Gasteiger partial charge in [0.15, 0.2) is 0 Å². The Hall–Kier alpha value is -0.790. The predicted octanol–water partition coefficient (Wildman–Crippen LogP) is 0.289. The average Bonchev–Trinajstić information content (AvgIpc) is 2.20. The Morgan fingerprint density at radius 2 is 2.07 bits per heavy atom. The zero-order valence-corrected chi connectivity index (χ0v) is 9.72. The first-order valence-corrected chi connectivity index (χ1v) is 5.06. The molecular weight excluding hydrogens is 204 g/mol. The van der Waals surface area contributed by atoms with Crippen LogP contribution in [0.2, 0.25) is 0 Å². The van der Waals surface area contributed by atoms with Crippen molar-refractivity contribution >= 4 is 24.1 Å². The molecule has 1 amide bonds. The molecule has 0 aliphatic heterocycles. The zero-order chi connectivity index (χ0) is 11.6. The van der Waals surface area contributed by atoms with Crippen LogP contribution < -0.4 is 17.0 Å². The topological polar surface area (TPSA) is 103 Å². The third-order valence-electron chi connectivity index (χ3n) is 1.23. The number of rotatable bonds is 3. The molecular formula is C7H18N4O2S. The molecule has 0 aromatic carbocycles. The Kier molecular flexibility index (Phi) is 9.84. The van der Waals surface area contributed by atoms with Crippen molar-refractivity contribution in [2.45, 2.75) is 18.6 Å². The molecule has 7 heteroatoms. The van der Waals surface area contributed by atoms with E-state index < -0.39 is 6.09 Å². The average molecular weight is 222 g/mol. The number of hydrogen-bond acceptors (Lipinski definition) is 6. The maximum absolute atomic E-state index is 10.5. The first kappa shape index (κ1) is 15.7. The van der Waals surface area contributed by atoms with E-state index in [2.05, 4.69) is 27.0 Å². The normalized spacial score (nSPS) is 10.4. The SMILES string of the molecule is CNC(=O)O/N=C/C(C)(C)SC.NN. The van der Waals surface area contributed by atoms with Crippen LogP contribution in [0.4, 0.5) is 4.79 Å². The molecule has 6 nitrogen and oxygen atoms in total. The van der Waals surface area contributed by atoms with Crippen LogP contribution in [0.1, 0.15) is 13.8 Å². The van der Waals surface area contributed by atoms with Gasteiger partial charge in [-0.1, -0.05) is 5.16 Å². The number of nitrogens with one attached hydrogen (secondary N) is 1. The summed E-state index contributed by atoms with van der Waals surface area (Å²) < 4.78 is -0.103. The number of amides is 1. The smallest absolute Gasteiger partial charge is 0.323 e. The highest BCUT2D eigenvalue weighted by Crippen LogP contribution is 2.17. The molecule has 0 saturated carbocycles. The van der Waals surface area contributed by atoms with Gasteiger partial charge in [-0.3, -0.25) is 16.5 Å². The number of hydrogen-bond donors (Lipinski definition) is 3. The molecule has 0 heterocycles. The lowest BCUT2D eigenvalue weighted by molar-refractivity contribution is 0.153. The van der Waals surface area contributed by atoms with E-state index in [1.807, 2.05) is 20.1 Å². The first-order valence-electron chi connectivity index (χ1n) is 3.83. The maximum atomic E-state index is 10.5.